The molecule has 1 spiro atoms. The molecule has 3 heterocycles. The Bertz CT molecular complexity index is 1070. The predicted octanol–water partition coefficient (Wildman–Crippen LogP) is 1.49. The van der Waals surface area contributed by atoms with E-state index in [1.54, 1.807) is 13.0 Å². The lowest BCUT2D eigenvalue weighted by Crippen LogP contribution is -2.64. The molecule has 188 valence electrons. The van der Waals surface area contributed by atoms with Crippen molar-refractivity contribution in [3.8, 4) is 11.5 Å². The number of amides is 2. The summed E-state index contributed by atoms with van der Waals surface area (Å²) in [5, 5.41) is 15.4. The van der Waals surface area contributed by atoms with Gasteiger partial charge in [-0.1, -0.05) is 24.6 Å². The maximum absolute atomic E-state index is 12.8. The maximum atomic E-state index is 12.8. The number of hydrazine groups is 1. The van der Waals surface area contributed by atoms with Gasteiger partial charge in [0.15, 0.2) is 11.5 Å². The van der Waals surface area contributed by atoms with Gasteiger partial charge in [-0.3, -0.25) is 10.2 Å². The number of hydrogen-bond acceptors (Lipinski definition) is 7. The standard InChI is InChI=1S/C26H34N4O5/c1-15(24(32)28-30-11-4-3-5-12-30)27-25(33)34-20-9-6-16-14-18-17-7-8-19(31)23-26(17,10-13-29(18)2)21(16)22(20)35-23/h6-9,15,17-19,23,31H,3-5,10-14H2,1-2H3,(H,27,33)(H,28,32)/t15-,17?,18?,19-,23-,26-/m0/s1. The van der Waals surface area contributed by atoms with E-state index in [2.05, 4.69) is 28.8 Å². The molecule has 0 saturated carbocycles. The van der Waals surface area contributed by atoms with Crippen molar-refractivity contribution in [2.45, 2.75) is 68.7 Å². The number of ether oxygens (including phenoxy) is 2. The molecule has 1 aromatic rings. The number of likely N-dealkylation sites (N-methyl/N-ethyl adjacent to an activating group) is 1. The lowest BCUT2D eigenvalue weighted by Gasteiger charge is -2.56. The van der Waals surface area contributed by atoms with E-state index in [-0.39, 0.29) is 17.2 Å². The number of hydrogen-bond donors (Lipinski definition) is 3. The summed E-state index contributed by atoms with van der Waals surface area (Å²) in [6.45, 7) is 4.21. The van der Waals surface area contributed by atoms with Crippen LogP contribution in [0.3, 0.4) is 0 Å². The first-order valence-electron chi connectivity index (χ1n) is 12.8. The van der Waals surface area contributed by atoms with Gasteiger partial charge in [0.25, 0.3) is 5.91 Å². The average molecular weight is 483 g/mol. The van der Waals surface area contributed by atoms with E-state index < -0.39 is 24.3 Å². The molecule has 35 heavy (non-hydrogen) atoms. The van der Waals surface area contributed by atoms with Crippen molar-refractivity contribution in [2.24, 2.45) is 5.92 Å². The minimum atomic E-state index is -0.747. The minimum Gasteiger partial charge on any atom is -0.482 e. The van der Waals surface area contributed by atoms with Crippen molar-refractivity contribution in [3.63, 3.8) is 0 Å². The van der Waals surface area contributed by atoms with Crippen LogP contribution in [0, 0.1) is 5.92 Å². The third-order valence-electron chi connectivity index (χ3n) is 8.69. The summed E-state index contributed by atoms with van der Waals surface area (Å²) >= 11 is 0. The Labute approximate surface area is 205 Å². The molecule has 3 N–H and O–H groups in total. The molecule has 6 atom stereocenters. The van der Waals surface area contributed by atoms with Crippen molar-refractivity contribution in [1.29, 1.82) is 0 Å². The number of carbonyl (C=O) groups excluding carboxylic acids is 2. The highest BCUT2D eigenvalue weighted by atomic mass is 16.6. The highest BCUT2D eigenvalue weighted by Gasteiger charge is 2.64. The molecule has 2 unspecified atom stereocenters. The van der Waals surface area contributed by atoms with Crippen LogP contribution in [0.2, 0.25) is 0 Å². The number of benzene rings is 1. The third-order valence-corrected chi connectivity index (χ3v) is 8.69. The molecule has 1 aromatic carbocycles. The van der Waals surface area contributed by atoms with E-state index in [1.807, 2.05) is 17.2 Å². The van der Waals surface area contributed by atoms with E-state index in [1.165, 1.54) is 12.0 Å². The number of likely N-dealkylation sites (tertiary alicyclic amines) is 1. The Morgan fingerprint density at radius 1 is 1.20 bits per heavy atom. The van der Waals surface area contributed by atoms with E-state index in [0.717, 1.165) is 50.9 Å². The Hall–Kier alpha value is -2.62. The lowest BCUT2D eigenvalue weighted by atomic mass is 9.53. The Kier molecular flexibility index (Phi) is 5.54. The van der Waals surface area contributed by atoms with E-state index in [0.29, 0.717) is 17.5 Å². The number of rotatable bonds is 4. The monoisotopic (exact) mass is 482 g/mol. The summed E-state index contributed by atoms with van der Waals surface area (Å²) in [5.41, 5.74) is 4.84. The molecule has 0 radical (unpaired) electrons. The lowest BCUT2D eigenvalue weighted by molar-refractivity contribution is -0.127. The number of piperidine rings is 2. The summed E-state index contributed by atoms with van der Waals surface area (Å²) < 4.78 is 12.1. The largest absolute Gasteiger partial charge is 0.482 e. The average Bonchev–Trinajstić information content (AvgIpc) is 3.20. The molecule has 0 aromatic heterocycles. The second kappa shape index (κ2) is 8.50. The van der Waals surface area contributed by atoms with Gasteiger partial charge in [0.2, 0.25) is 0 Å². The van der Waals surface area contributed by atoms with Gasteiger partial charge in [-0.2, -0.15) is 0 Å². The Morgan fingerprint density at radius 2 is 2.00 bits per heavy atom. The second-order valence-corrected chi connectivity index (χ2v) is 10.7. The number of nitrogens with one attached hydrogen (secondary N) is 2. The predicted molar refractivity (Wildman–Crippen MR) is 128 cm³/mol. The highest BCUT2D eigenvalue weighted by Crippen LogP contribution is 2.62. The number of aliphatic hydroxyl groups excluding tert-OH is 1. The summed E-state index contributed by atoms with van der Waals surface area (Å²) in [7, 11) is 2.16. The van der Waals surface area contributed by atoms with E-state index in [4.69, 9.17) is 9.47 Å². The first-order chi connectivity index (χ1) is 16.9. The van der Waals surface area contributed by atoms with Crippen LogP contribution in [0.15, 0.2) is 24.3 Å². The van der Waals surface area contributed by atoms with Crippen LogP contribution in [0.4, 0.5) is 4.79 Å². The van der Waals surface area contributed by atoms with Gasteiger partial charge >= 0.3 is 6.09 Å². The first-order valence-corrected chi connectivity index (χ1v) is 12.8. The molecular formula is C26H34N4O5. The van der Waals surface area contributed by atoms with Gasteiger partial charge < -0.3 is 24.8 Å². The van der Waals surface area contributed by atoms with Gasteiger partial charge in [0, 0.05) is 36.0 Å². The number of nitrogens with zero attached hydrogens (tertiary/aromatic N) is 2. The normalized spacial score (nSPS) is 33.9. The quantitative estimate of drug-likeness (QED) is 0.559. The first kappa shape index (κ1) is 22.8. The molecule has 2 bridgehead atoms. The minimum absolute atomic E-state index is 0.242. The molecule has 9 nitrogen and oxygen atoms in total. The Morgan fingerprint density at radius 3 is 2.80 bits per heavy atom. The van der Waals surface area contributed by atoms with Crippen molar-refractivity contribution < 1.29 is 24.2 Å². The van der Waals surface area contributed by atoms with E-state index in [9.17, 15) is 14.7 Å². The van der Waals surface area contributed by atoms with Crippen LogP contribution in [0.25, 0.3) is 0 Å². The topological polar surface area (TPSA) is 103 Å². The molecule has 2 fully saturated rings. The second-order valence-electron chi connectivity index (χ2n) is 10.7. The Balaban J connectivity index is 1.22. The van der Waals surface area contributed by atoms with Crippen LogP contribution in [0.1, 0.15) is 43.7 Å². The van der Waals surface area contributed by atoms with Crippen LogP contribution in [0.5, 0.6) is 11.5 Å². The zero-order valence-electron chi connectivity index (χ0n) is 20.3. The number of aliphatic hydroxyl groups is 1. The fraction of sp³-hybridized carbons (Fsp3) is 0.615. The van der Waals surface area contributed by atoms with Gasteiger partial charge in [-0.15, -0.1) is 0 Å². The van der Waals surface area contributed by atoms with Gasteiger partial charge in [0.05, 0.1) is 0 Å². The summed E-state index contributed by atoms with van der Waals surface area (Å²) in [4.78, 5) is 27.7. The van der Waals surface area contributed by atoms with Gasteiger partial charge in [-0.05, 0) is 57.8 Å². The molecule has 5 aliphatic rings. The van der Waals surface area contributed by atoms with Crippen LogP contribution < -0.4 is 20.2 Å². The van der Waals surface area contributed by atoms with Crippen molar-refractivity contribution in [2.75, 3.05) is 26.7 Å². The SMILES string of the molecule is C[C@H](NC(=O)Oc1ccc2c3c1O[C@H]1[C@@H](O)C=CC4C(C2)N(C)CC[C@@]341)C(=O)NN1CCCCC1. The fourth-order valence-electron chi connectivity index (χ4n) is 6.94. The summed E-state index contributed by atoms with van der Waals surface area (Å²) in [6.07, 6.45) is 7.24. The molecule has 3 aliphatic heterocycles. The van der Waals surface area contributed by atoms with Gasteiger partial charge in [-0.25, -0.2) is 9.80 Å². The molecule has 2 amide bonds. The zero-order valence-corrected chi connectivity index (χ0v) is 20.3. The maximum Gasteiger partial charge on any atom is 0.413 e. The van der Waals surface area contributed by atoms with Crippen LogP contribution >= 0.6 is 0 Å². The molecular weight excluding hydrogens is 448 g/mol. The summed E-state index contributed by atoms with van der Waals surface area (Å²) in [6, 6.07) is 3.40. The smallest absolute Gasteiger partial charge is 0.413 e. The molecule has 2 saturated heterocycles. The zero-order chi connectivity index (χ0) is 24.3. The van der Waals surface area contributed by atoms with Crippen LogP contribution in [-0.4, -0.2) is 78.0 Å². The molecule has 6 rings (SSSR count). The van der Waals surface area contributed by atoms with Crippen molar-refractivity contribution in [3.05, 3.63) is 35.4 Å². The molecule has 9 heteroatoms. The highest BCUT2D eigenvalue weighted by molar-refractivity contribution is 5.85. The fourth-order valence-corrected chi connectivity index (χ4v) is 6.94. The van der Waals surface area contributed by atoms with Gasteiger partial charge in [0.1, 0.15) is 18.2 Å². The van der Waals surface area contributed by atoms with Crippen molar-refractivity contribution >= 4 is 12.0 Å². The van der Waals surface area contributed by atoms with E-state index >= 15 is 0 Å². The van der Waals surface area contributed by atoms with Crippen molar-refractivity contribution in [1.82, 2.24) is 20.7 Å². The molecule has 2 aliphatic carbocycles. The third kappa shape index (κ3) is 3.55. The van der Waals surface area contributed by atoms with Crippen LogP contribution in [-0.2, 0) is 16.6 Å². The summed E-state index contributed by atoms with van der Waals surface area (Å²) in [5.74, 6) is 0.862. The number of carbonyl (C=O) groups is 2.